The molecule has 2 N–H and O–H groups in total. The van der Waals surface area contributed by atoms with E-state index in [4.69, 9.17) is 23.2 Å². The van der Waals surface area contributed by atoms with Gasteiger partial charge in [-0.15, -0.1) is 0 Å². The molecule has 124 valence electrons. The van der Waals surface area contributed by atoms with Crippen LogP contribution in [0.25, 0.3) is 0 Å². The van der Waals surface area contributed by atoms with Gasteiger partial charge in [-0.3, -0.25) is 9.59 Å². The normalized spacial score (nSPS) is 10.6. The first-order valence-electron chi connectivity index (χ1n) is 7.17. The van der Waals surface area contributed by atoms with Crippen molar-refractivity contribution in [3.05, 3.63) is 64.1 Å². The Balaban J connectivity index is 1.77. The first kappa shape index (κ1) is 18.0. The Morgan fingerprint density at radius 3 is 2.21 bits per heavy atom. The van der Waals surface area contributed by atoms with Crippen molar-refractivity contribution in [1.82, 2.24) is 5.43 Å². The third-order valence-electron chi connectivity index (χ3n) is 3.02. The fraction of sp³-hybridized carbons (Fsp3) is 0.118. The number of carbonyl (C=O) groups is 2. The quantitative estimate of drug-likeness (QED) is 0.604. The monoisotopic (exact) mass is 363 g/mol. The second-order valence-electron chi connectivity index (χ2n) is 4.84. The fourth-order valence-corrected chi connectivity index (χ4v) is 2.33. The van der Waals surface area contributed by atoms with Gasteiger partial charge in [0.1, 0.15) is 0 Å². The molecule has 2 aromatic rings. The molecular weight excluding hydrogens is 349 g/mol. The highest BCUT2D eigenvalue weighted by molar-refractivity contribution is 6.38. The Labute approximate surface area is 149 Å². The van der Waals surface area contributed by atoms with Gasteiger partial charge in [-0.05, 0) is 24.3 Å². The number of halogens is 2. The van der Waals surface area contributed by atoms with E-state index in [1.54, 1.807) is 30.3 Å². The van der Waals surface area contributed by atoms with Crippen LogP contribution < -0.4 is 10.7 Å². The van der Waals surface area contributed by atoms with Crippen LogP contribution in [0.5, 0.6) is 0 Å². The van der Waals surface area contributed by atoms with Crippen molar-refractivity contribution < 1.29 is 9.59 Å². The summed E-state index contributed by atoms with van der Waals surface area (Å²) in [5, 5.41) is 7.37. The van der Waals surface area contributed by atoms with Gasteiger partial charge in [0.05, 0.1) is 16.3 Å². The smallest absolute Gasteiger partial charge is 0.240 e. The highest BCUT2D eigenvalue weighted by atomic mass is 35.5. The lowest BCUT2D eigenvalue weighted by Gasteiger charge is -2.04. The van der Waals surface area contributed by atoms with Crippen LogP contribution in [0, 0.1) is 0 Å². The zero-order valence-electron chi connectivity index (χ0n) is 12.6. The van der Waals surface area contributed by atoms with E-state index in [9.17, 15) is 9.59 Å². The first-order valence-corrected chi connectivity index (χ1v) is 7.92. The van der Waals surface area contributed by atoms with Crippen molar-refractivity contribution in [3.8, 4) is 0 Å². The average molecular weight is 364 g/mol. The molecule has 0 radical (unpaired) electrons. The van der Waals surface area contributed by atoms with E-state index in [-0.39, 0.29) is 24.7 Å². The van der Waals surface area contributed by atoms with E-state index in [0.717, 1.165) is 0 Å². The number of para-hydroxylation sites is 1. The molecule has 0 aliphatic heterocycles. The summed E-state index contributed by atoms with van der Waals surface area (Å²) < 4.78 is 0. The molecule has 0 aliphatic carbocycles. The van der Waals surface area contributed by atoms with Crippen LogP contribution in [0.15, 0.2) is 53.6 Å². The van der Waals surface area contributed by atoms with E-state index < -0.39 is 0 Å². The number of rotatable bonds is 6. The van der Waals surface area contributed by atoms with Gasteiger partial charge in [-0.25, -0.2) is 5.43 Å². The van der Waals surface area contributed by atoms with Gasteiger partial charge in [-0.1, -0.05) is 47.5 Å². The average Bonchev–Trinajstić information content (AvgIpc) is 2.56. The molecule has 5 nitrogen and oxygen atoms in total. The summed E-state index contributed by atoms with van der Waals surface area (Å²) in [6.07, 6.45) is 1.45. The number of amides is 2. The lowest BCUT2D eigenvalue weighted by Crippen LogP contribution is -2.20. The van der Waals surface area contributed by atoms with Crippen LogP contribution in [0.4, 0.5) is 5.69 Å². The van der Waals surface area contributed by atoms with Crippen molar-refractivity contribution in [2.45, 2.75) is 12.8 Å². The van der Waals surface area contributed by atoms with Crippen molar-refractivity contribution in [3.63, 3.8) is 0 Å². The third-order valence-corrected chi connectivity index (χ3v) is 3.68. The van der Waals surface area contributed by atoms with Crippen LogP contribution in [-0.2, 0) is 9.59 Å². The standard InChI is InChI=1S/C17H15Cl2N3O2/c18-14-7-4-8-15(19)13(14)11-20-22-17(24)10-9-16(23)21-12-5-2-1-3-6-12/h1-8,11H,9-10H2,(H,21,23)(H,22,24)/b20-11+. The molecule has 0 aromatic heterocycles. The summed E-state index contributed by atoms with van der Waals surface area (Å²) in [4.78, 5) is 23.4. The highest BCUT2D eigenvalue weighted by Crippen LogP contribution is 2.21. The predicted octanol–water partition coefficient (Wildman–Crippen LogP) is 3.86. The number of nitrogens with one attached hydrogen (secondary N) is 2. The van der Waals surface area contributed by atoms with E-state index in [1.165, 1.54) is 6.21 Å². The summed E-state index contributed by atoms with van der Waals surface area (Å²) >= 11 is 12.0. The molecule has 2 rings (SSSR count). The molecule has 0 heterocycles. The summed E-state index contributed by atoms with van der Waals surface area (Å²) in [5.41, 5.74) is 3.54. The fourth-order valence-electron chi connectivity index (χ4n) is 1.83. The molecular formula is C17H15Cl2N3O2. The highest BCUT2D eigenvalue weighted by Gasteiger charge is 2.07. The number of hydrogen-bond acceptors (Lipinski definition) is 3. The van der Waals surface area contributed by atoms with Gasteiger partial charge in [0.2, 0.25) is 11.8 Å². The molecule has 0 unspecified atom stereocenters. The predicted molar refractivity (Wildman–Crippen MR) is 96.5 cm³/mol. The Bertz CT molecular complexity index is 729. The topological polar surface area (TPSA) is 70.6 Å². The minimum absolute atomic E-state index is 0.0201. The van der Waals surface area contributed by atoms with Crippen LogP contribution in [0.3, 0.4) is 0 Å². The Hall–Kier alpha value is -2.37. The molecule has 0 aliphatic rings. The molecule has 0 saturated carbocycles. The van der Waals surface area contributed by atoms with Gasteiger partial charge < -0.3 is 5.32 Å². The van der Waals surface area contributed by atoms with Crippen molar-refractivity contribution in [2.24, 2.45) is 5.10 Å². The summed E-state index contributed by atoms with van der Waals surface area (Å²) in [7, 11) is 0. The second-order valence-corrected chi connectivity index (χ2v) is 5.66. The number of carbonyl (C=O) groups excluding carboxylic acids is 2. The molecule has 7 heteroatoms. The number of hydrogen-bond donors (Lipinski definition) is 2. The van der Waals surface area contributed by atoms with E-state index in [1.807, 2.05) is 18.2 Å². The summed E-state index contributed by atoms with van der Waals surface area (Å²) in [6.45, 7) is 0. The largest absolute Gasteiger partial charge is 0.326 e. The van der Waals surface area contributed by atoms with Crippen molar-refractivity contribution >= 4 is 46.9 Å². The number of benzene rings is 2. The second kappa shape index (κ2) is 9.05. The van der Waals surface area contributed by atoms with Crippen LogP contribution in [0.2, 0.25) is 10.0 Å². The maximum atomic E-state index is 11.7. The lowest BCUT2D eigenvalue weighted by molar-refractivity contribution is -0.124. The van der Waals surface area contributed by atoms with Gasteiger partial charge in [0.25, 0.3) is 0 Å². The molecule has 0 fully saturated rings. The number of anilines is 1. The maximum Gasteiger partial charge on any atom is 0.240 e. The molecule has 0 atom stereocenters. The van der Waals surface area contributed by atoms with Gasteiger partial charge in [0, 0.05) is 24.1 Å². The van der Waals surface area contributed by atoms with Gasteiger partial charge >= 0.3 is 0 Å². The lowest BCUT2D eigenvalue weighted by atomic mass is 10.2. The molecule has 2 amide bonds. The van der Waals surface area contributed by atoms with Crippen LogP contribution in [0.1, 0.15) is 18.4 Å². The summed E-state index contributed by atoms with van der Waals surface area (Å²) in [6, 6.07) is 14.1. The molecule has 2 aromatic carbocycles. The Morgan fingerprint density at radius 2 is 1.54 bits per heavy atom. The van der Waals surface area contributed by atoms with Crippen LogP contribution >= 0.6 is 23.2 Å². The van der Waals surface area contributed by atoms with Crippen molar-refractivity contribution in [2.75, 3.05) is 5.32 Å². The van der Waals surface area contributed by atoms with Crippen LogP contribution in [-0.4, -0.2) is 18.0 Å². The minimum Gasteiger partial charge on any atom is -0.326 e. The third kappa shape index (κ3) is 5.68. The minimum atomic E-state index is -0.377. The van der Waals surface area contributed by atoms with E-state index >= 15 is 0 Å². The zero-order chi connectivity index (χ0) is 17.4. The summed E-state index contributed by atoms with van der Waals surface area (Å²) in [5.74, 6) is -0.618. The molecule has 0 spiro atoms. The van der Waals surface area contributed by atoms with E-state index in [2.05, 4.69) is 15.8 Å². The number of nitrogens with zero attached hydrogens (tertiary/aromatic N) is 1. The maximum absolute atomic E-state index is 11.7. The van der Waals surface area contributed by atoms with Gasteiger partial charge in [-0.2, -0.15) is 5.10 Å². The SMILES string of the molecule is O=C(CCC(=O)Nc1ccccc1)N/N=C/c1c(Cl)cccc1Cl. The van der Waals surface area contributed by atoms with Gasteiger partial charge in [0.15, 0.2) is 0 Å². The first-order chi connectivity index (χ1) is 11.6. The van der Waals surface area contributed by atoms with E-state index in [0.29, 0.717) is 21.3 Å². The number of hydrazone groups is 1. The molecule has 0 bridgehead atoms. The molecule has 0 saturated heterocycles. The molecule has 24 heavy (non-hydrogen) atoms. The zero-order valence-corrected chi connectivity index (χ0v) is 14.1. The Morgan fingerprint density at radius 1 is 0.917 bits per heavy atom. The van der Waals surface area contributed by atoms with Crippen molar-refractivity contribution in [1.29, 1.82) is 0 Å². The Kier molecular flexibility index (Phi) is 6.78.